The lowest BCUT2D eigenvalue weighted by Gasteiger charge is -1.89. The van der Waals surface area contributed by atoms with E-state index in [0.717, 1.165) is 21.6 Å². The normalized spacial score (nSPS) is 10.9. The van der Waals surface area contributed by atoms with Gasteiger partial charge in [-0.3, -0.25) is 0 Å². The van der Waals surface area contributed by atoms with Crippen molar-refractivity contribution in [2.45, 2.75) is 0 Å². The summed E-state index contributed by atoms with van der Waals surface area (Å²) in [5.41, 5.74) is 0.802. The highest BCUT2D eigenvalue weighted by molar-refractivity contribution is 7.13. The molecule has 2 aromatic heterocycles. The Bertz CT molecular complexity index is 593. The minimum atomic E-state index is 0.265. The van der Waals surface area contributed by atoms with Crippen LogP contribution < -0.4 is 0 Å². The van der Waals surface area contributed by atoms with Crippen LogP contribution in [-0.2, 0) is 0 Å². The topological polar surface area (TPSA) is 33.4 Å². The number of phenols is 1. The molecule has 3 rings (SSSR count). The van der Waals surface area contributed by atoms with Crippen molar-refractivity contribution in [1.29, 1.82) is 0 Å². The molecule has 0 aliphatic carbocycles. The second-order valence-electron chi connectivity index (χ2n) is 3.31. The first-order chi connectivity index (χ1) is 7.33. The van der Waals surface area contributed by atoms with Crippen molar-refractivity contribution in [3.8, 4) is 16.4 Å². The Kier molecular flexibility index (Phi) is 1.79. The molecule has 0 aliphatic heterocycles. The zero-order valence-electron chi connectivity index (χ0n) is 7.81. The molecule has 0 fully saturated rings. The number of aromatic hydroxyl groups is 1. The molecule has 2 nitrogen and oxygen atoms in total. The average molecular weight is 216 g/mol. The highest BCUT2D eigenvalue weighted by Gasteiger charge is 2.06. The molecule has 15 heavy (non-hydrogen) atoms. The third-order valence-corrected chi connectivity index (χ3v) is 3.15. The van der Waals surface area contributed by atoms with Crippen LogP contribution in [0.2, 0.25) is 0 Å². The molecule has 1 N–H and O–H groups in total. The van der Waals surface area contributed by atoms with Gasteiger partial charge in [-0.2, -0.15) is 0 Å². The van der Waals surface area contributed by atoms with Crippen molar-refractivity contribution >= 4 is 22.3 Å². The number of furan rings is 1. The van der Waals surface area contributed by atoms with Crippen LogP contribution in [0.25, 0.3) is 21.6 Å². The fourth-order valence-corrected chi connectivity index (χ4v) is 2.25. The van der Waals surface area contributed by atoms with Crippen molar-refractivity contribution < 1.29 is 9.52 Å². The number of hydrogen-bond acceptors (Lipinski definition) is 3. The van der Waals surface area contributed by atoms with Crippen LogP contribution in [0.3, 0.4) is 0 Å². The van der Waals surface area contributed by atoms with E-state index in [1.54, 1.807) is 29.5 Å². The van der Waals surface area contributed by atoms with Gasteiger partial charge >= 0.3 is 0 Å². The predicted molar refractivity (Wildman–Crippen MR) is 61.2 cm³/mol. The lowest BCUT2D eigenvalue weighted by Crippen LogP contribution is -1.62. The predicted octanol–water partition coefficient (Wildman–Crippen LogP) is 3.87. The van der Waals surface area contributed by atoms with Crippen LogP contribution >= 0.6 is 11.3 Å². The number of thiophene rings is 1. The number of phenolic OH excluding ortho intramolecular Hbond substituents is 1. The molecule has 0 atom stereocenters. The lowest BCUT2D eigenvalue weighted by molar-refractivity contribution is 0.476. The van der Waals surface area contributed by atoms with Gasteiger partial charge in [0.1, 0.15) is 17.1 Å². The third-order valence-electron chi connectivity index (χ3n) is 2.26. The van der Waals surface area contributed by atoms with Gasteiger partial charge in [-0.1, -0.05) is 6.07 Å². The number of fused-ring (bicyclic) bond motifs is 1. The fourth-order valence-electron chi connectivity index (χ4n) is 1.57. The third kappa shape index (κ3) is 1.41. The van der Waals surface area contributed by atoms with Gasteiger partial charge < -0.3 is 9.52 Å². The van der Waals surface area contributed by atoms with E-state index in [4.69, 9.17) is 4.42 Å². The van der Waals surface area contributed by atoms with Gasteiger partial charge in [0.05, 0.1) is 4.88 Å². The smallest absolute Gasteiger partial charge is 0.145 e. The van der Waals surface area contributed by atoms with Gasteiger partial charge in [0.25, 0.3) is 0 Å². The molecule has 0 saturated heterocycles. The highest BCUT2D eigenvalue weighted by Crippen LogP contribution is 2.31. The maximum Gasteiger partial charge on any atom is 0.145 e. The van der Waals surface area contributed by atoms with Crippen LogP contribution in [0.4, 0.5) is 0 Å². The molecule has 0 radical (unpaired) electrons. The maximum atomic E-state index is 9.33. The Morgan fingerprint density at radius 2 is 2.07 bits per heavy atom. The molecule has 0 bridgehead atoms. The minimum Gasteiger partial charge on any atom is -0.508 e. The van der Waals surface area contributed by atoms with Gasteiger partial charge in [-0.15, -0.1) is 11.3 Å². The minimum absolute atomic E-state index is 0.265. The second kappa shape index (κ2) is 3.14. The standard InChI is InChI=1S/C12H8O2S/c13-9-3-4-10-8(6-9)7-11(14-10)12-2-1-5-15-12/h1-7,13H. The summed E-state index contributed by atoms with van der Waals surface area (Å²) in [6.45, 7) is 0. The van der Waals surface area contributed by atoms with E-state index in [1.807, 2.05) is 23.6 Å². The Morgan fingerprint density at radius 3 is 2.87 bits per heavy atom. The van der Waals surface area contributed by atoms with Crippen LogP contribution in [0.15, 0.2) is 46.2 Å². The lowest BCUT2D eigenvalue weighted by atomic mass is 10.2. The summed E-state index contributed by atoms with van der Waals surface area (Å²) in [6, 6.07) is 11.1. The maximum absolute atomic E-state index is 9.33. The zero-order chi connectivity index (χ0) is 10.3. The van der Waals surface area contributed by atoms with Gasteiger partial charge in [0, 0.05) is 5.39 Å². The number of rotatable bonds is 1. The van der Waals surface area contributed by atoms with E-state index in [1.165, 1.54) is 0 Å². The molecular weight excluding hydrogens is 208 g/mol. The average Bonchev–Trinajstić information content (AvgIpc) is 2.84. The van der Waals surface area contributed by atoms with E-state index in [2.05, 4.69) is 0 Å². The van der Waals surface area contributed by atoms with Crippen molar-refractivity contribution in [1.82, 2.24) is 0 Å². The van der Waals surface area contributed by atoms with Crippen LogP contribution in [0.1, 0.15) is 0 Å². The fraction of sp³-hybridized carbons (Fsp3) is 0. The van der Waals surface area contributed by atoms with Crippen LogP contribution in [0.5, 0.6) is 5.75 Å². The second-order valence-corrected chi connectivity index (χ2v) is 4.26. The van der Waals surface area contributed by atoms with Crippen molar-refractivity contribution in [3.05, 3.63) is 41.8 Å². The SMILES string of the molecule is Oc1ccc2oc(-c3cccs3)cc2c1. The monoisotopic (exact) mass is 216 g/mol. The first-order valence-electron chi connectivity index (χ1n) is 4.59. The molecule has 2 heterocycles. The molecule has 3 aromatic rings. The Morgan fingerprint density at radius 1 is 1.13 bits per heavy atom. The summed E-state index contributed by atoms with van der Waals surface area (Å²) < 4.78 is 5.67. The zero-order valence-corrected chi connectivity index (χ0v) is 8.62. The molecule has 0 unspecified atom stereocenters. The molecule has 74 valence electrons. The van der Waals surface area contributed by atoms with E-state index < -0.39 is 0 Å². The molecule has 0 saturated carbocycles. The van der Waals surface area contributed by atoms with Crippen LogP contribution in [-0.4, -0.2) is 5.11 Å². The van der Waals surface area contributed by atoms with Crippen molar-refractivity contribution in [2.75, 3.05) is 0 Å². The molecule has 0 spiro atoms. The molecule has 3 heteroatoms. The van der Waals surface area contributed by atoms with E-state index >= 15 is 0 Å². The van der Waals surface area contributed by atoms with Gasteiger partial charge in [0.2, 0.25) is 0 Å². The first kappa shape index (κ1) is 8.56. The van der Waals surface area contributed by atoms with Gasteiger partial charge in [0.15, 0.2) is 0 Å². The Balaban J connectivity index is 2.22. The van der Waals surface area contributed by atoms with Crippen molar-refractivity contribution in [2.24, 2.45) is 0 Å². The summed E-state index contributed by atoms with van der Waals surface area (Å²) in [7, 11) is 0. The molecule has 0 amide bonds. The Hall–Kier alpha value is -1.74. The Labute approximate surface area is 90.4 Å². The van der Waals surface area contributed by atoms with E-state index in [-0.39, 0.29) is 5.75 Å². The summed E-state index contributed by atoms with van der Waals surface area (Å²) in [6.07, 6.45) is 0. The number of benzene rings is 1. The van der Waals surface area contributed by atoms with Gasteiger partial charge in [-0.05, 0) is 35.7 Å². The van der Waals surface area contributed by atoms with E-state index in [0.29, 0.717) is 0 Å². The molecule has 1 aromatic carbocycles. The first-order valence-corrected chi connectivity index (χ1v) is 5.47. The highest BCUT2D eigenvalue weighted by atomic mass is 32.1. The summed E-state index contributed by atoms with van der Waals surface area (Å²) in [5.74, 6) is 1.12. The summed E-state index contributed by atoms with van der Waals surface area (Å²) in [5, 5.41) is 12.3. The number of hydrogen-bond donors (Lipinski definition) is 1. The molecular formula is C12H8O2S. The summed E-state index contributed by atoms with van der Waals surface area (Å²) >= 11 is 1.64. The largest absolute Gasteiger partial charge is 0.508 e. The molecule has 0 aliphatic rings. The van der Waals surface area contributed by atoms with Crippen LogP contribution in [0, 0.1) is 0 Å². The quantitative estimate of drug-likeness (QED) is 0.670. The van der Waals surface area contributed by atoms with Gasteiger partial charge in [-0.25, -0.2) is 0 Å². The van der Waals surface area contributed by atoms with Crippen molar-refractivity contribution in [3.63, 3.8) is 0 Å². The summed E-state index contributed by atoms with van der Waals surface area (Å²) in [4.78, 5) is 1.10. The van der Waals surface area contributed by atoms with E-state index in [9.17, 15) is 5.11 Å².